The Kier molecular flexibility index (Phi) is 5.38. The molecule has 0 unspecified atom stereocenters. The summed E-state index contributed by atoms with van der Waals surface area (Å²) in [7, 11) is 1.47. The number of nitrogens with zero attached hydrogens (tertiary/aromatic N) is 3. The van der Waals surface area contributed by atoms with Gasteiger partial charge in [0.05, 0.1) is 17.4 Å². The number of fused-ring (bicyclic) bond motifs is 1. The molecular formula is C22H17N3O5. The number of hydrogen-bond acceptors (Lipinski definition) is 7. The number of nitro groups is 1. The SMILES string of the molecule is COc1nnc2cc(OCc3ccccc3)ccc2c1Oc1ccc([N+](=O)[O-])cc1. The maximum Gasteiger partial charge on any atom is 0.277 e. The van der Waals surface area contributed by atoms with Crippen molar-refractivity contribution in [2.24, 2.45) is 0 Å². The van der Waals surface area contributed by atoms with Crippen LogP contribution in [0, 0.1) is 10.1 Å². The van der Waals surface area contributed by atoms with Gasteiger partial charge in [-0.2, -0.15) is 0 Å². The number of ether oxygens (including phenoxy) is 3. The van der Waals surface area contributed by atoms with Crippen molar-refractivity contribution < 1.29 is 19.1 Å². The van der Waals surface area contributed by atoms with Gasteiger partial charge in [0.25, 0.3) is 11.6 Å². The molecule has 3 aromatic carbocycles. The van der Waals surface area contributed by atoms with Crippen molar-refractivity contribution >= 4 is 16.6 Å². The molecule has 0 N–H and O–H groups in total. The maximum atomic E-state index is 10.8. The molecular weight excluding hydrogens is 386 g/mol. The average Bonchev–Trinajstić information content (AvgIpc) is 2.79. The zero-order valence-electron chi connectivity index (χ0n) is 16.0. The standard InChI is InChI=1S/C22H17N3O5/c1-28-22-21(30-17-9-7-16(8-10-17)25(26)27)19-12-11-18(13-20(19)23-24-22)29-14-15-5-3-2-4-6-15/h2-13H,14H2,1H3. The number of rotatable bonds is 7. The molecule has 0 aliphatic heterocycles. The summed E-state index contributed by atoms with van der Waals surface area (Å²) in [5.74, 6) is 1.63. The third-order valence-electron chi connectivity index (χ3n) is 4.37. The summed E-state index contributed by atoms with van der Waals surface area (Å²) in [6, 6.07) is 21.0. The fourth-order valence-corrected chi connectivity index (χ4v) is 2.86. The van der Waals surface area contributed by atoms with E-state index in [0.717, 1.165) is 5.56 Å². The summed E-state index contributed by atoms with van der Waals surface area (Å²) in [5, 5.41) is 19.8. The summed E-state index contributed by atoms with van der Waals surface area (Å²) < 4.78 is 17.1. The molecule has 0 aliphatic carbocycles. The summed E-state index contributed by atoms with van der Waals surface area (Å²) in [6.45, 7) is 0.433. The fourth-order valence-electron chi connectivity index (χ4n) is 2.86. The van der Waals surface area contributed by atoms with Gasteiger partial charge in [-0.05, 0) is 29.8 Å². The van der Waals surface area contributed by atoms with E-state index >= 15 is 0 Å². The maximum absolute atomic E-state index is 10.8. The van der Waals surface area contributed by atoms with Gasteiger partial charge in [0, 0.05) is 18.2 Å². The Morgan fingerprint density at radius 1 is 0.933 bits per heavy atom. The molecule has 0 bridgehead atoms. The molecule has 30 heavy (non-hydrogen) atoms. The van der Waals surface area contributed by atoms with Gasteiger partial charge < -0.3 is 14.2 Å². The topological polar surface area (TPSA) is 96.6 Å². The summed E-state index contributed by atoms with van der Waals surface area (Å²) >= 11 is 0. The first-order valence-electron chi connectivity index (χ1n) is 9.07. The highest BCUT2D eigenvalue weighted by molar-refractivity contribution is 5.87. The van der Waals surface area contributed by atoms with Crippen molar-refractivity contribution in [3.05, 3.63) is 88.5 Å². The minimum Gasteiger partial charge on any atom is -0.489 e. The average molecular weight is 403 g/mol. The Bertz CT molecular complexity index is 1180. The van der Waals surface area contributed by atoms with Crippen molar-refractivity contribution in [3.63, 3.8) is 0 Å². The van der Waals surface area contributed by atoms with E-state index in [4.69, 9.17) is 14.2 Å². The molecule has 0 spiro atoms. The Labute approximate surface area is 171 Å². The van der Waals surface area contributed by atoms with Crippen LogP contribution in [-0.2, 0) is 6.61 Å². The van der Waals surface area contributed by atoms with Crippen molar-refractivity contribution in [2.45, 2.75) is 6.61 Å². The van der Waals surface area contributed by atoms with E-state index in [9.17, 15) is 10.1 Å². The van der Waals surface area contributed by atoms with Crippen LogP contribution in [0.4, 0.5) is 5.69 Å². The van der Waals surface area contributed by atoms with Gasteiger partial charge in [-0.1, -0.05) is 30.3 Å². The van der Waals surface area contributed by atoms with Crippen LogP contribution in [0.2, 0.25) is 0 Å². The number of nitro benzene ring substituents is 1. The van der Waals surface area contributed by atoms with E-state index in [1.165, 1.54) is 31.4 Å². The monoisotopic (exact) mass is 403 g/mol. The zero-order valence-corrected chi connectivity index (χ0v) is 16.0. The number of benzene rings is 3. The highest BCUT2D eigenvalue weighted by Gasteiger charge is 2.15. The lowest BCUT2D eigenvalue weighted by Gasteiger charge is -2.12. The van der Waals surface area contributed by atoms with Gasteiger partial charge >= 0.3 is 0 Å². The second-order valence-corrected chi connectivity index (χ2v) is 6.34. The minimum absolute atomic E-state index is 0.0211. The van der Waals surface area contributed by atoms with Crippen LogP contribution in [0.15, 0.2) is 72.8 Å². The first kappa shape index (κ1) is 19.1. The van der Waals surface area contributed by atoms with Gasteiger partial charge in [0.1, 0.15) is 23.6 Å². The van der Waals surface area contributed by atoms with Crippen molar-refractivity contribution in [3.8, 4) is 23.1 Å². The van der Waals surface area contributed by atoms with E-state index in [-0.39, 0.29) is 11.6 Å². The van der Waals surface area contributed by atoms with Crippen LogP contribution in [0.3, 0.4) is 0 Å². The molecule has 1 aromatic heterocycles. The van der Waals surface area contributed by atoms with Crippen LogP contribution in [0.25, 0.3) is 10.9 Å². The lowest BCUT2D eigenvalue weighted by molar-refractivity contribution is -0.384. The van der Waals surface area contributed by atoms with E-state index < -0.39 is 4.92 Å². The molecule has 0 saturated carbocycles. The third kappa shape index (κ3) is 4.12. The van der Waals surface area contributed by atoms with Gasteiger partial charge in [0.15, 0.2) is 5.75 Å². The molecule has 0 fully saturated rings. The Balaban J connectivity index is 1.62. The molecule has 4 rings (SSSR count). The fraction of sp³-hybridized carbons (Fsp3) is 0.0909. The van der Waals surface area contributed by atoms with Gasteiger partial charge in [-0.15, -0.1) is 10.2 Å². The molecule has 1 heterocycles. The Hall–Kier alpha value is -4.20. The van der Waals surface area contributed by atoms with Crippen LogP contribution in [0.5, 0.6) is 23.1 Å². The molecule has 0 atom stereocenters. The first-order valence-corrected chi connectivity index (χ1v) is 9.07. The highest BCUT2D eigenvalue weighted by atomic mass is 16.6. The number of methoxy groups -OCH3 is 1. The molecule has 0 amide bonds. The Morgan fingerprint density at radius 2 is 1.67 bits per heavy atom. The molecule has 0 radical (unpaired) electrons. The normalized spacial score (nSPS) is 10.6. The van der Waals surface area contributed by atoms with Crippen LogP contribution in [-0.4, -0.2) is 22.2 Å². The molecule has 0 aliphatic rings. The zero-order chi connectivity index (χ0) is 20.9. The molecule has 150 valence electrons. The van der Waals surface area contributed by atoms with Crippen LogP contribution >= 0.6 is 0 Å². The van der Waals surface area contributed by atoms with Gasteiger partial charge in [-0.25, -0.2) is 0 Å². The number of hydrogen-bond donors (Lipinski definition) is 0. The third-order valence-corrected chi connectivity index (χ3v) is 4.37. The Morgan fingerprint density at radius 3 is 2.37 bits per heavy atom. The highest BCUT2D eigenvalue weighted by Crippen LogP contribution is 2.37. The summed E-state index contributed by atoms with van der Waals surface area (Å²) in [5.41, 5.74) is 1.60. The minimum atomic E-state index is -0.468. The predicted molar refractivity (Wildman–Crippen MR) is 110 cm³/mol. The summed E-state index contributed by atoms with van der Waals surface area (Å²) in [6.07, 6.45) is 0. The number of aromatic nitrogens is 2. The van der Waals surface area contributed by atoms with Gasteiger partial charge in [-0.3, -0.25) is 10.1 Å². The lowest BCUT2D eigenvalue weighted by atomic mass is 10.2. The molecule has 4 aromatic rings. The van der Waals surface area contributed by atoms with Crippen LogP contribution in [0.1, 0.15) is 5.56 Å². The van der Waals surface area contributed by atoms with Crippen molar-refractivity contribution in [1.29, 1.82) is 0 Å². The second-order valence-electron chi connectivity index (χ2n) is 6.34. The summed E-state index contributed by atoms with van der Waals surface area (Å²) in [4.78, 5) is 10.4. The van der Waals surface area contributed by atoms with E-state index in [2.05, 4.69) is 10.2 Å². The first-order chi connectivity index (χ1) is 14.6. The van der Waals surface area contributed by atoms with E-state index in [1.807, 2.05) is 42.5 Å². The van der Waals surface area contributed by atoms with Gasteiger partial charge in [0.2, 0.25) is 0 Å². The quantitative estimate of drug-likeness (QED) is 0.319. The van der Waals surface area contributed by atoms with Crippen molar-refractivity contribution in [1.82, 2.24) is 10.2 Å². The van der Waals surface area contributed by atoms with E-state index in [0.29, 0.717) is 34.8 Å². The molecule has 8 nitrogen and oxygen atoms in total. The number of non-ortho nitro benzene ring substituents is 1. The molecule has 8 heteroatoms. The largest absolute Gasteiger partial charge is 0.489 e. The smallest absolute Gasteiger partial charge is 0.277 e. The van der Waals surface area contributed by atoms with Crippen LogP contribution < -0.4 is 14.2 Å². The predicted octanol–water partition coefficient (Wildman–Crippen LogP) is 4.92. The second kappa shape index (κ2) is 8.44. The van der Waals surface area contributed by atoms with Crippen molar-refractivity contribution in [2.75, 3.05) is 7.11 Å². The molecule has 0 saturated heterocycles. The van der Waals surface area contributed by atoms with E-state index in [1.54, 1.807) is 6.07 Å². The lowest BCUT2D eigenvalue weighted by Crippen LogP contribution is -1.99.